The molecule has 2 aromatic rings. The van der Waals surface area contributed by atoms with Crippen LogP contribution in [0.25, 0.3) is 10.8 Å². The van der Waals surface area contributed by atoms with Gasteiger partial charge in [-0.15, -0.1) is 4.91 Å². The molecule has 0 spiro atoms. The quantitative estimate of drug-likeness (QED) is 0.250. The van der Waals surface area contributed by atoms with E-state index in [1.807, 2.05) is 0 Å². The topological polar surface area (TPSA) is 173 Å². The molecule has 0 aromatic heterocycles. The Labute approximate surface area is 123 Å². The number of benzene rings is 2. The first-order valence-corrected chi connectivity index (χ1v) is 6.58. The summed E-state index contributed by atoms with van der Waals surface area (Å²) >= 11 is 0. The molecule has 12 heteroatoms. The van der Waals surface area contributed by atoms with Crippen molar-refractivity contribution in [2.45, 2.75) is 0 Å². The molecule has 0 aliphatic heterocycles. The lowest BCUT2D eigenvalue weighted by atomic mass is 10.1. The lowest BCUT2D eigenvalue weighted by molar-refractivity contribution is -0.499. The third kappa shape index (κ3) is 2.67. The molecule has 0 amide bonds. The van der Waals surface area contributed by atoms with Gasteiger partial charge in [-0.2, -0.15) is 8.42 Å². The molecule has 11 nitrogen and oxygen atoms in total. The highest BCUT2D eigenvalue weighted by Crippen LogP contribution is 2.42. The van der Waals surface area contributed by atoms with Crippen molar-refractivity contribution in [1.82, 2.24) is 0 Å². The minimum absolute atomic E-state index is 0.0231. The van der Waals surface area contributed by atoms with E-state index in [-0.39, 0.29) is 22.2 Å². The molecule has 22 heavy (non-hydrogen) atoms. The Morgan fingerprint density at radius 1 is 1.09 bits per heavy atom. The monoisotopic (exact) mass is 325 g/mol. The molecule has 0 saturated carbocycles. The second kappa shape index (κ2) is 5.69. The van der Waals surface area contributed by atoms with Crippen LogP contribution in [0.15, 0.2) is 29.4 Å². The van der Waals surface area contributed by atoms with E-state index in [0.29, 0.717) is 0 Å². The van der Waals surface area contributed by atoms with Gasteiger partial charge in [0.25, 0.3) is 11.0 Å². The Morgan fingerprint density at radius 2 is 1.77 bits per heavy atom. The second-order valence-corrected chi connectivity index (χ2v) is 4.60. The Kier molecular flexibility index (Phi) is 3.94. The van der Waals surface area contributed by atoms with Crippen molar-refractivity contribution in [3.63, 3.8) is 0 Å². The first kappa shape index (κ1) is 15.2. The summed E-state index contributed by atoms with van der Waals surface area (Å²) in [5, 5.41) is 25.2. The van der Waals surface area contributed by atoms with Gasteiger partial charge in [-0.05, 0) is 34.4 Å². The highest BCUT2D eigenvalue weighted by molar-refractivity contribution is 7.67. The van der Waals surface area contributed by atoms with Crippen molar-refractivity contribution in [2.24, 2.45) is 5.18 Å². The first-order valence-electron chi connectivity index (χ1n) is 5.48. The Hall–Kier alpha value is -3.15. The average molecular weight is 325 g/mol. The number of thiol groups is 1. The number of rotatable bonds is 5. The molecule has 2 N–H and O–H groups in total. The molecule has 2 rings (SSSR count). The van der Waals surface area contributed by atoms with Crippen molar-refractivity contribution in [3.8, 4) is 5.75 Å². The molecule has 0 fully saturated rings. The summed E-state index contributed by atoms with van der Waals surface area (Å²) in [7, 11) is -3.35. The smallest absolute Gasteiger partial charge is 0.326 e. The number of hydrogen-bond acceptors (Lipinski definition) is 9. The van der Waals surface area contributed by atoms with Gasteiger partial charge in [0.15, 0.2) is 5.75 Å². The molecule has 2 aromatic carbocycles. The minimum Gasteiger partial charge on any atom is -0.594 e. The zero-order chi connectivity index (χ0) is 16.4. The van der Waals surface area contributed by atoms with E-state index in [1.54, 1.807) is 0 Å². The molecular weight excluding hydrogens is 318 g/mol. The van der Waals surface area contributed by atoms with Gasteiger partial charge in [0.2, 0.25) is 0 Å². The predicted octanol–water partition coefficient (Wildman–Crippen LogP) is 2.49. The third-order valence-corrected chi connectivity index (χ3v) is 3.08. The molecule has 0 atom stereocenters. The van der Waals surface area contributed by atoms with Gasteiger partial charge < -0.3 is 14.6 Å². The average Bonchev–Trinajstić information content (AvgIpc) is 2.45. The van der Waals surface area contributed by atoms with Crippen molar-refractivity contribution >= 4 is 38.8 Å². The number of nitrogens with one attached hydrogen (secondary N) is 2. The van der Waals surface area contributed by atoms with Gasteiger partial charge in [0.1, 0.15) is 5.69 Å². The number of hydrogen-bond donors (Lipinski definition) is 3. The van der Waals surface area contributed by atoms with Gasteiger partial charge in [0, 0.05) is 5.39 Å². The summed E-state index contributed by atoms with van der Waals surface area (Å²) in [6.07, 6.45) is 0. The van der Waals surface area contributed by atoms with E-state index in [2.05, 4.69) is 9.36 Å². The largest absolute Gasteiger partial charge is 0.594 e. The van der Waals surface area contributed by atoms with Crippen LogP contribution in [0.4, 0.5) is 17.1 Å². The van der Waals surface area contributed by atoms with Crippen LogP contribution < -0.4 is 4.18 Å². The van der Waals surface area contributed by atoms with Gasteiger partial charge in [-0.3, -0.25) is 0 Å². The highest BCUT2D eigenvalue weighted by Gasteiger charge is 2.27. The fourth-order valence-electron chi connectivity index (χ4n) is 1.93. The number of nitroso groups, excluding NO2 is 1. The van der Waals surface area contributed by atoms with Crippen LogP contribution in [0, 0.1) is 26.4 Å². The summed E-state index contributed by atoms with van der Waals surface area (Å²) in [6, 6.07) is 4.34. The fraction of sp³-hybridized carbons (Fsp3) is 0. The molecule has 0 aliphatic carbocycles. The maximum Gasteiger partial charge on any atom is 0.326 e. The molecule has 0 heterocycles. The van der Waals surface area contributed by atoms with Crippen LogP contribution in [-0.2, 0) is 11.0 Å². The van der Waals surface area contributed by atoms with E-state index in [1.165, 1.54) is 12.1 Å². The molecule has 0 radical (unpaired) electrons. The van der Waals surface area contributed by atoms with E-state index >= 15 is 0 Å². The molecular formula is C10H7N5O6S. The van der Waals surface area contributed by atoms with E-state index in [0.717, 1.165) is 12.1 Å². The standard InChI is InChI=1S/C10H7N5O6S/c11-14(17)8-4-9(21-22(19)20)7-3-5(13-16)1-2-6(7)10(8)15(12)18/h1-4,11-12,22H. The minimum atomic E-state index is -3.35. The lowest BCUT2D eigenvalue weighted by Crippen LogP contribution is -2.00. The highest BCUT2D eigenvalue weighted by atomic mass is 32.2. The summed E-state index contributed by atoms with van der Waals surface area (Å²) in [5.41, 5.74) is 13.0. The number of nitrogens with zero attached hydrogens (tertiary/aromatic N) is 3. The second-order valence-electron chi connectivity index (χ2n) is 3.97. The maximum atomic E-state index is 11.4. The lowest BCUT2D eigenvalue weighted by Gasteiger charge is -2.09. The Balaban J connectivity index is 2.98. The zero-order valence-electron chi connectivity index (χ0n) is 10.5. The molecule has 0 unspecified atom stereocenters. The van der Waals surface area contributed by atoms with Crippen LogP contribution in [0.5, 0.6) is 5.75 Å². The van der Waals surface area contributed by atoms with Crippen LogP contribution in [0.2, 0.25) is 0 Å². The van der Waals surface area contributed by atoms with Crippen LogP contribution in [0.3, 0.4) is 0 Å². The first-order chi connectivity index (χ1) is 10.3. The van der Waals surface area contributed by atoms with Gasteiger partial charge in [0.05, 0.1) is 11.5 Å². The van der Waals surface area contributed by atoms with Crippen LogP contribution in [0.1, 0.15) is 0 Å². The molecule has 0 aliphatic rings. The fourth-order valence-corrected chi connectivity index (χ4v) is 2.24. The van der Waals surface area contributed by atoms with Crippen molar-refractivity contribution < 1.29 is 22.3 Å². The molecule has 114 valence electrons. The molecule has 0 saturated heterocycles. The van der Waals surface area contributed by atoms with Crippen molar-refractivity contribution in [1.29, 1.82) is 11.1 Å². The van der Waals surface area contributed by atoms with E-state index in [4.69, 9.17) is 11.1 Å². The summed E-state index contributed by atoms with van der Waals surface area (Å²) < 4.78 is 26.0. The SMILES string of the molecule is N=[N+]([O-])c1cc(O[SH](=O)=O)c2cc(N=O)ccc2c1[N+](=N)[O-]. The van der Waals surface area contributed by atoms with E-state index in [9.17, 15) is 23.7 Å². The Morgan fingerprint density at radius 3 is 2.27 bits per heavy atom. The number of fused-ring (bicyclic) bond motifs is 1. The Bertz CT molecular complexity index is 885. The van der Waals surface area contributed by atoms with Gasteiger partial charge in [-0.1, -0.05) is 9.72 Å². The summed E-state index contributed by atoms with van der Waals surface area (Å²) in [5.74, 6) is -0.370. The summed E-state index contributed by atoms with van der Waals surface area (Å²) in [4.78, 5) is 9.72. The van der Waals surface area contributed by atoms with E-state index < -0.39 is 32.1 Å². The van der Waals surface area contributed by atoms with Gasteiger partial charge >= 0.3 is 11.4 Å². The van der Waals surface area contributed by atoms with Gasteiger partial charge in [-0.25, -0.2) is 0 Å². The normalized spacial score (nSPS) is 10.6. The van der Waals surface area contributed by atoms with Crippen molar-refractivity contribution in [2.75, 3.05) is 0 Å². The molecule has 0 bridgehead atoms. The third-order valence-electron chi connectivity index (χ3n) is 2.73. The van der Waals surface area contributed by atoms with Crippen LogP contribution in [-0.4, -0.2) is 18.1 Å². The summed E-state index contributed by atoms with van der Waals surface area (Å²) in [6.45, 7) is 0. The zero-order valence-corrected chi connectivity index (χ0v) is 11.4. The predicted molar refractivity (Wildman–Crippen MR) is 72.4 cm³/mol. The van der Waals surface area contributed by atoms with Crippen LogP contribution >= 0.6 is 0 Å². The maximum absolute atomic E-state index is 11.4. The van der Waals surface area contributed by atoms with Crippen molar-refractivity contribution in [3.05, 3.63) is 39.6 Å².